The first kappa shape index (κ1) is 12.3. The Morgan fingerprint density at radius 2 is 2.00 bits per heavy atom. The van der Waals surface area contributed by atoms with Gasteiger partial charge in [0.2, 0.25) is 0 Å². The predicted molar refractivity (Wildman–Crippen MR) is 67.8 cm³/mol. The molecule has 0 heterocycles. The average molecular weight is 259 g/mol. The van der Waals surface area contributed by atoms with Gasteiger partial charge in [0.05, 0.1) is 0 Å². The maximum absolute atomic E-state index is 3.57. The normalized spacial score (nSPS) is 37.9. The molecule has 0 nitrogen and oxygen atoms in total. The van der Waals surface area contributed by atoms with Crippen LogP contribution < -0.4 is 0 Å². The molecule has 0 aromatic rings. The molecule has 3 atom stereocenters. The lowest BCUT2D eigenvalue weighted by molar-refractivity contribution is 0.363. The van der Waals surface area contributed by atoms with Crippen LogP contribution in [-0.2, 0) is 0 Å². The Labute approximate surface area is 97.3 Å². The third-order valence-corrected chi connectivity index (χ3v) is 4.79. The maximum Gasteiger partial charge on any atom is 0.00572 e. The molecule has 0 aromatic heterocycles. The molecule has 0 spiro atoms. The van der Waals surface area contributed by atoms with Gasteiger partial charge in [0.15, 0.2) is 0 Å². The smallest absolute Gasteiger partial charge is 0.00572 e. The van der Waals surface area contributed by atoms with Gasteiger partial charge in [0.1, 0.15) is 0 Å². The van der Waals surface area contributed by atoms with Gasteiger partial charge in [-0.1, -0.05) is 48.4 Å². The van der Waals surface area contributed by atoms with Crippen LogP contribution in [0.4, 0.5) is 0 Å². The lowest BCUT2D eigenvalue weighted by atomic mass is 9.87. The SMILES string of the molecule is CC(C)=CC1(C)CC1(C)CC(C)CBr. The zero-order chi connectivity index (χ0) is 11.0. The Hall–Kier alpha value is 0.220. The van der Waals surface area contributed by atoms with Crippen LogP contribution in [0.1, 0.15) is 47.5 Å². The Morgan fingerprint density at radius 3 is 2.43 bits per heavy atom. The number of alkyl halides is 1. The van der Waals surface area contributed by atoms with Gasteiger partial charge >= 0.3 is 0 Å². The van der Waals surface area contributed by atoms with Crippen LogP contribution in [0.15, 0.2) is 11.6 Å². The van der Waals surface area contributed by atoms with E-state index in [2.05, 4.69) is 56.6 Å². The molecule has 1 heteroatoms. The highest BCUT2D eigenvalue weighted by atomic mass is 79.9. The molecule has 0 saturated heterocycles. The van der Waals surface area contributed by atoms with Crippen molar-refractivity contribution in [3.05, 3.63) is 11.6 Å². The fraction of sp³-hybridized carbons (Fsp3) is 0.846. The minimum absolute atomic E-state index is 0.474. The molecule has 82 valence electrons. The van der Waals surface area contributed by atoms with Crippen molar-refractivity contribution in [2.24, 2.45) is 16.7 Å². The summed E-state index contributed by atoms with van der Waals surface area (Å²) in [5.74, 6) is 0.799. The third-order valence-electron chi connectivity index (χ3n) is 3.68. The molecule has 14 heavy (non-hydrogen) atoms. The van der Waals surface area contributed by atoms with E-state index in [0.29, 0.717) is 10.8 Å². The molecule has 0 bridgehead atoms. The number of hydrogen-bond acceptors (Lipinski definition) is 0. The van der Waals surface area contributed by atoms with Gasteiger partial charge in [-0.05, 0) is 43.4 Å². The first-order chi connectivity index (χ1) is 6.33. The highest BCUT2D eigenvalue weighted by Gasteiger charge is 2.58. The Morgan fingerprint density at radius 1 is 1.43 bits per heavy atom. The second-order valence-electron chi connectivity index (χ2n) is 5.84. The monoisotopic (exact) mass is 258 g/mol. The minimum atomic E-state index is 0.474. The van der Waals surface area contributed by atoms with Crippen LogP contribution in [0.3, 0.4) is 0 Å². The predicted octanol–water partition coefficient (Wildman–Crippen LogP) is 4.79. The van der Waals surface area contributed by atoms with Crippen molar-refractivity contribution in [3.63, 3.8) is 0 Å². The van der Waals surface area contributed by atoms with Gasteiger partial charge in [-0.2, -0.15) is 0 Å². The molecule has 3 unspecified atom stereocenters. The standard InChI is InChI=1S/C13H23Br/c1-10(2)6-12(4)9-13(12,5)7-11(3)8-14/h6,11H,7-9H2,1-5H3. The van der Waals surface area contributed by atoms with Crippen molar-refractivity contribution in [1.29, 1.82) is 0 Å². The lowest BCUT2D eigenvalue weighted by Crippen LogP contribution is -2.11. The molecule has 1 saturated carbocycles. The summed E-state index contributed by atoms with van der Waals surface area (Å²) in [6.07, 6.45) is 5.18. The number of hydrogen-bond donors (Lipinski definition) is 0. The Bertz CT molecular complexity index is 240. The van der Waals surface area contributed by atoms with E-state index in [1.165, 1.54) is 18.4 Å². The van der Waals surface area contributed by atoms with Crippen molar-refractivity contribution >= 4 is 15.9 Å². The van der Waals surface area contributed by atoms with Crippen molar-refractivity contribution in [3.8, 4) is 0 Å². The van der Waals surface area contributed by atoms with Crippen LogP contribution >= 0.6 is 15.9 Å². The van der Waals surface area contributed by atoms with Gasteiger partial charge in [-0.3, -0.25) is 0 Å². The van der Waals surface area contributed by atoms with Crippen molar-refractivity contribution in [2.45, 2.75) is 47.5 Å². The zero-order valence-electron chi connectivity index (χ0n) is 10.2. The molecular weight excluding hydrogens is 236 g/mol. The maximum atomic E-state index is 3.57. The van der Waals surface area contributed by atoms with Crippen LogP contribution in [-0.4, -0.2) is 5.33 Å². The van der Waals surface area contributed by atoms with E-state index in [1.54, 1.807) is 0 Å². The van der Waals surface area contributed by atoms with Crippen LogP contribution in [0.2, 0.25) is 0 Å². The van der Waals surface area contributed by atoms with Crippen LogP contribution in [0, 0.1) is 16.7 Å². The van der Waals surface area contributed by atoms with E-state index in [4.69, 9.17) is 0 Å². The van der Waals surface area contributed by atoms with Gasteiger partial charge < -0.3 is 0 Å². The van der Waals surface area contributed by atoms with Crippen LogP contribution in [0.25, 0.3) is 0 Å². The molecule has 0 aliphatic heterocycles. The van der Waals surface area contributed by atoms with Gasteiger partial charge in [0, 0.05) is 5.33 Å². The first-order valence-corrected chi connectivity index (χ1v) is 6.67. The van der Waals surface area contributed by atoms with E-state index in [-0.39, 0.29) is 0 Å². The van der Waals surface area contributed by atoms with E-state index in [0.717, 1.165) is 11.2 Å². The first-order valence-electron chi connectivity index (χ1n) is 5.55. The molecule has 0 aromatic carbocycles. The quantitative estimate of drug-likeness (QED) is 0.503. The molecule has 1 rings (SSSR count). The van der Waals surface area contributed by atoms with Crippen molar-refractivity contribution < 1.29 is 0 Å². The van der Waals surface area contributed by atoms with E-state index >= 15 is 0 Å². The highest BCUT2D eigenvalue weighted by Crippen LogP contribution is 2.67. The summed E-state index contributed by atoms with van der Waals surface area (Å²) in [6, 6.07) is 0. The Balaban J connectivity index is 2.61. The van der Waals surface area contributed by atoms with Crippen molar-refractivity contribution in [2.75, 3.05) is 5.33 Å². The largest absolute Gasteiger partial charge is 0.0925 e. The van der Waals surface area contributed by atoms with E-state index in [9.17, 15) is 0 Å². The van der Waals surface area contributed by atoms with E-state index < -0.39 is 0 Å². The van der Waals surface area contributed by atoms with E-state index in [1.807, 2.05) is 0 Å². The number of halogens is 1. The highest BCUT2D eigenvalue weighted by molar-refractivity contribution is 9.09. The summed E-state index contributed by atoms with van der Waals surface area (Å²) in [7, 11) is 0. The van der Waals surface area contributed by atoms with Gasteiger partial charge in [-0.25, -0.2) is 0 Å². The summed E-state index contributed by atoms with van der Waals surface area (Å²) in [6.45, 7) is 11.6. The molecule has 0 radical (unpaired) electrons. The molecule has 1 aliphatic rings. The zero-order valence-corrected chi connectivity index (χ0v) is 11.7. The lowest BCUT2D eigenvalue weighted by Gasteiger charge is -2.19. The molecule has 0 N–H and O–H groups in total. The second kappa shape index (κ2) is 4.00. The fourth-order valence-corrected chi connectivity index (χ4v) is 2.99. The number of allylic oxidation sites excluding steroid dienone is 2. The van der Waals surface area contributed by atoms with Gasteiger partial charge in [0.25, 0.3) is 0 Å². The third kappa shape index (κ3) is 2.42. The molecule has 0 amide bonds. The van der Waals surface area contributed by atoms with Crippen molar-refractivity contribution in [1.82, 2.24) is 0 Å². The summed E-state index contributed by atoms with van der Waals surface area (Å²) < 4.78 is 0. The minimum Gasteiger partial charge on any atom is -0.0925 e. The molecule has 1 aliphatic carbocycles. The summed E-state index contributed by atoms with van der Waals surface area (Å²) >= 11 is 3.57. The summed E-state index contributed by atoms with van der Waals surface area (Å²) in [5.41, 5.74) is 2.49. The molecular formula is C13H23Br. The summed E-state index contributed by atoms with van der Waals surface area (Å²) in [4.78, 5) is 0. The fourth-order valence-electron chi connectivity index (χ4n) is 2.76. The molecule has 1 fully saturated rings. The second-order valence-corrected chi connectivity index (χ2v) is 6.49. The van der Waals surface area contributed by atoms with Gasteiger partial charge in [-0.15, -0.1) is 0 Å². The average Bonchev–Trinajstić information content (AvgIpc) is 2.50. The number of rotatable bonds is 4. The Kier molecular flexibility index (Phi) is 3.51. The topological polar surface area (TPSA) is 0 Å². The summed E-state index contributed by atoms with van der Waals surface area (Å²) in [5, 5.41) is 1.13. The van der Waals surface area contributed by atoms with Crippen LogP contribution in [0.5, 0.6) is 0 Å².